The predicted molar refractivity (Wildman–Crippen MR) is 82.2 cm³/mol. The summed E-state index contributed by atoms with van der Waals surface area (Å²) in [7, 11) is -3.40. The zero-order valence-corrected chi connectivity index (χ0v) is 12.9. The minimum atomic E-state index is -3.40. The minimum absolute atomic E-state index is 0.287. The second kappa shape index (κ2) is 7.31. The number of anilines is 2. The summed E-state index contributed by atoms with van der Waals surface area (Å²) in [6.07, 6.45) is 3.27. The lowest BCUT2D eigenvalue weighted by atomic mass is 10.4. The van der Waals surface area contributed by atoms with Gasteiger partial charge in [0.2, 0.25) is 0 Å². The molecule has 0 spiro atoms. The van der Waals surface area contributed by atoms with Gasteiger partial charge in [-0.25, -0.2) is 9.97 Å². The van der Waals surface area contributed by atoms with E-state index in [1.54, 1.807) is 44.4 Å². The van der Waals surface area contributed by atoms with Gasteiger partial charge in [-0.05, 0) is 38.1 Å². The third kappa shape index (κ3) is 3.88. The highest BCUT2D eigenvalue weighted by Gasteiger charge is 2.30. The lowest BCUT2D eigenvalue weighted by Gasteiger charge is -2.19. The van der Waals surface area contributed by atoms with Gasteiger partial charge in [0.25, 0.3) is 0 Å². The Bertz CT molecular complexity index is 612. The predicted octanol–water partition coefficient (Wildman–Crippen LogP) is 3.11. The fourth-order valence-corrected chi connectivity index (χ4v) is 3.46. The molecule has 6 nitrogen and oxygen atoms in total. The SMILES string of the molecule is CCOP(=O)(OCC)c1cccnc1Nc1ccccn1. The summed E-state index contributed by atoms with van der Waals surface area (Å²) in [5, 5.41) is 3.44. The van der Waals surface area contributed by atoms with Crippen molar-refractivity contribution in [3.63, 3.8) is 0 Å². The third-order valence-corrected chi connectivity index (χ3v) is 4.74. The number of nitrogens with one attached hydrogen (secondary N) is 1. The Labute approximate surface area is 124 Å². The Hall–Kier alpha value is -1.75. The molecule has 0 atom stereocenters. The summed E-state index contributed by atoms with van der Waals surface area (Å²) in [6.45, 7) is 4.12. The van der Waals surface area contributed by atoms with Gasteiger partial charge in [0.1, 0.15) is 16.9 Å². The molecule has 0 bridgehead atoms. The van der Waals surface area contributed by atoms with Crippen molar-refractivity contribution >= 4 is 24.5 Å². The Balaban J connectivity index is 2.37. The van der Waals surface area contributed by atoms with E-state index in [0.29, 0.717) is 16.9 Å². The van der Waals surface area contributed by atoms with E-state index in [1.807, 2.05) is 12.1 Å². The summed E-state index contributed by atoms with van der Waals surface area (Å²) in [5.41, 5.74) is 0. The van der Waals surface area contributed by atoms with Gasteiger partial charge in [-0.2, -0.15) is 0 Å². The van der Waals surface area contributed by atoms with Crippen LogP contribution in [0.25, 0.3) is 0 Å². The second-order valence-corrected chi connectivity index (χ2v) is 6.04. The molecule has 21 heavy (non-hydrogen) atoms. The van der Waals surface area contributed by atoms with Gasteiger partial charge < -0.3 is 14.4 Å². The fraction of sp³-hybridized carbons (Fsp3) is 0.286. The van der Waals surface area contributed by atoms with Crippen LogP contribution < -0.4 is 10.6 Å². The van der Waals surface area contributed by atoms with E-state index in [2.05, 4.69) is 15.3 Å². The molecule has 0 aliphatic rings. The van der Waals surface area contributed by atoms with Gasteiger partial charge in [-0.15, -0.1) is 0 Å². The first-order valence-corrected chi connectivity index (χ1v) is 8.26. The molecule has 0 aliphatic heterocycles. The number of hydrogen-bond acceptors (Lipinski definition) is 6. The topological polar surface area (TPSA) is 73.3 Å². The molecule has 0 aliphatic carbocycles. The molecule has 0 aromatic carbocycles. The Morgan fingerprint density at radius 2 is 1.76 bits per heavy atom. The van der Waals surface area contributed by atoms with E-state index in [0.717, 1.165) is 0 Å². The maximum absolute atomic E-state index is 12.9. The van der Waals surface area contributed by atoms with Crippen molar-refractivity contribution in [1.82, 2.24) is 9.97 Å². The number of aromatic nitrogens is 2. The lowest BCUT2D eigenvalue weighted by Crippen LogP contribution is -2.16. The van der Waals surface area contributed by atoms with E-state index in [4.69, 9.17) is 9.05 Å². The van der Waals surface area contributed by atoms with Crippen LogP contribution in [0.4, 0.5) is 11.6 Å². The van der Waals surface area contributed by atoms with Crippen LogP contribution in [0.5, 0.6) is 0 Å². The lowest BCUT2D eigenvalue weighted by molar-refractivity contribution is 0.230. The monoisotopic (exact) mass is 307 g/mol. The maximum Gasteiger partial charge on any atom is 0.365 e. The highest BCUT2D eigenvalue weighted by atomic mass is 31.2. The summed E-state index contributed by atoms with van der Waals surface area (Å²) in [4.78, 5) is 8.39. The van der Waals surface area contributed by atoms with E-state index in [-0.39, 0.29) is 13.2 Å². The average Bonchev–Trinajstić information content (AvgIpc) is 2.49. The minimum Gasteiger partial charge on any atom is -0.324 e. The normalized spacial score (nSPS) is 11.3. The van der Waals surface area contributed by atoms with Crippen LogP contribution in [-0.4, -0.2) is 23.2 Å². The Morgan fingerprint density at radius 3 is 2.38 bits per heavy atom. The molecule has 0 amide bonds. The maximum atomic E-state index is 12.9. The highest BCUT2D eigenvalue weighted by Crippen LogP contribution is 2.48. The molecular weight excluding hydrogens is 289 g/mol. The standard InChI is InChI=1S/C14H18N3O3P/c1-3-19-21(18,20-4-2)12-8-7-11-16-14(12)17-13-9-5-6-10-15-13/h5-11H,3-4H2,1-2H3,(H,15,16,17). The van der Waals surface area contributed by atoms with Crippen LogP contribution in [-0.2, 0) is 13.6 Å². The largest absolute Gasteiger partial charge is 0.365 e. The first kappa shape index (κ1) is 15.6. The molecule has 0 fully saturated rings. The van der Waals surface area contributed by atoms with Crippen molar-refractivity contribution in [2.75, 3.05) is 18.5 Å². The molecule has 0 radical (unpaired) electrons. The smallest absolute Gasteiger partial charge is 0.324 e. The van der Waals surface area contributed by atoms with E-state index in [9.17, 15) is 4.57 Å². The molecular formula is C14H18N3O3P. The highest BCUT2D eigenvalue weighted by molar-refractivity contribution is 7.62. The van der Waals surface area contributed by atoms with Crippen molar-refractivity contribution in [2.45, 2.75) is 13.8 Å². The molecule has 0 unspecified atom stereocenters. The van der Waals surface area contributed by atoms with Crippen LogP contribution in [0.15, 0.2) is 42.7 Å². The fourth-order valence-electron chi connectivity index (χ4n) is 1.79. The van der Waals surface area contributed by atoms with Gasteiger partial charge in [-0.1, -0.05) is 6.07 Å². The number of hydrogen-bond donors (Lipinski definition) is 1. The van der Waals surface area contributed by atoms with E-state index in [1.165, 1.54) is 0 Å². The van der Waals surface area contributed by atoms with Crippen LogP contribution >= 0.6 is 7.60 Å². The molecule has 1 N–H and O–H groups in total. The average molecular weight is 307 g/mol. The summed E-state index contributed by atoms with van der Waals surface area (Å²) in [5.74, 6) is 1.03. The van der Waals surface area contributed by atoms with Crippen molar-refractivity contribution < 1.29 is 13.6 Å². The molecule has 7 heteroatoms. The van der Waals surface area contributed by atoms with Crippen molar-refractivity contribution in [3.8, 4) is 0 Å². The quantitative estimate of drug-likeness (QED) is 0.792. The van der Waals surface area contributed by atoms with Crippen LogP contribution in [0, 0.1) is 0 Å². The molecule has 2 aromatic heterocycles. The molecule has 112 valence electrons. The van der Waals surface area contributed by atoms with Gasteiger partial charge in [0, 0.05) is 12.4 Å². The molecule has 2 aromatic rings. The Kier molecular flexibility index (Phi) is 5.44. The zero-order chi connectivity index (χ0) is 15.1. The molecule has 2 heterocycles. The summed E-state index contributed by atoms with van der Waals surface area (Å²) in [6, 6.07) is 8.84. The van der Waals surface area contributed by atoms with E-state index >= 15 is 0 Å². The number of nitrogens with zero attached hydrogens (tertiary/aromatic N) is 2. The van der Waals surface area contributed by atoms with E-state index < -0.39 is 7.60 Å². The van der Waals surface area contributed by atoms with Gasteiger partial charge in [-0.3, -0.25) is 4.57 Å². The molecule has 0 saturated carbocycles. The van der Waals surface area contributed by atoms with Gasteiger partial charge in [0.05, 0.1) is 13.2 Å². The van der Waals surface area contributed by atoms with Gasteiger partial charge >= 0.3 is 7.60 Å². The van der Waals surface area contributed by atoms with Crippen LogP contribution in [0.2, 0.25) is 0 Å². The van der Waals surface area contributed by atoms with Gasteiger partial charge in [0.15, 0.2) is 0 Å². The number of pyridine rings is 2. The molecule has 2 rings (SSSR count). The number of rotatable bonds is 7. The van der Waals surface area contributed by atoms with Crippen molar-refractivity contribution in [3.05, 3.63) is 42.7 Å². The third-order valence-electron chi connectivity index (χ3n) is 2.59. The first-order valence-electron chi connectivity index (χ1n) is 6.72. The van der Waals surface area contributed by atoms with Crippen LogP contribution in [0.3, 0.4) is 0 Å². The molecule has 0 saturated heterocycles. The second-order valence-electron chi connectivity index (χ2n) is 4.04. The Morgan fingerprint density at radius 1 is 1.05 bits per heavy atom. The van der Waals surface area contributed by atoms with Crippen molar-refractivity contribution in [2.24, 2.45) is 0 Å². The summed E-state index contributed by atoms with van der Waals surface area (Å²) < 4.78 is 23.6. The van der Waals surface area contributed by atoms with Crippen molar-refractivity contribution in [1.29, 1.82) is 0 Å². The summed E-state index contributed by atoms with van der Waals surface area (Å²) >= 11 is 0. The zero-order valence-electron chi connectivity index (χ0n) is 12.0. The van der Waals surface area contributed by atoms with Crippen LogP contribution in [0.1, 0.15) is 13.8 Å². The first-order chi connectivity index (χ1) is 10.2.